The van der Waals surface area contributed by atoms with Crippen LogP contribution in [0.3, 0.4) is 0 Å². The van der Waals surface area contributed by atoms with Crippen molar-refractivity contribution in [2.75, 3.05) is 0 Å². The summed E-state index contributed by atoms with van der Waals surface area (Å²) in [5.41, 5.74) is 7.72. The van der Waals surface area contributed by atoms with E-state index >= 15 is 0 Å². The van der Waals surface area contributed by atoms with Gasteiger partial charge in [-0.2, -0.15) is 4.57 Å². The molecule has 2 heterocycles. The first-order chi connectivity index (χ1) is 22.1. The number of imidazole rings is 1. The number of aromatic amines is 1. The summed E-state index contributed by atoms with van der Waals surface area (Å²) in [6.45, 7) is 6.90. The van der Waals surface area contributed by atoms with Crippen molar-refractivity contribution in [2.45, 2.75) is 46.4 Å². The quantitative estimate of drug-likeness (QED) is 0.158. The third-order valence-corrected chi connectivity index (χ3v) is 10.1. The van der Waals surface area contributed by atoms with Gasteiger partial charge in [0, 0.05) is 30.7 Å². The Balaban J connectivity index is 1.46. The van der Waals surface area contributed by atoms with E-state index in [2.05, 4.69) is 110 Å². The SMILES string of the molecule is [2H]C([2H])([2H])c1cc2cc3sc4c(-c5[nH]c6ccccc6[n+]5-c5c(C(C)C)cccc5C(C)C)cccc4c3cc2c2ccccc12. The topological polar surface area (TPSA) is 19.7 Å². The third-order valence-electron chi connectivity index (χ3n) is 8.92. The lowest BCUT2D eigenvalue weighted by Gasteiger charge is -2.18. The molecule has 0 saturated carbocycles. The van der Waals surface area contributed by atoms with Crippen LogP contribution >= 0.6 is 11.3 Å². The normalized spacial score (nSPS) is 13.6. The molecule has 1 N–H and O–H groups in total. The van der Waals surface area contributed by atoms with Crippen LogP contribution in [0.4, 0.5) is 0 Å². The number of hydrogen-bond acceptors (Lipinski definition) is 1. The molecule has 6 aromatic carbocycles. The molecule has 0 amide bonds. The Kier molecular flexibility index (Phi) is 5.25. The molecular formula is C40H35N2S+. The molecular weight excluding hydrogens is 541 g/mol. The zero-order valence-corrected chi connectivity index (χ0v) is 25.6. The minimum absolute atomic E-state index is 0.352. The number of benzene rings is 6. The number of nitrogens with zero attached hydrogens (tertiary/aromatic N) is 1. The van der Waals surface area contributed by atoms with Gasteiger partial charge in [0.05, 0.1) is 10.3 Å². The molecule has 0 aliphatic heterocycles. The highest BCUT2D eigenvalue weighted by Gasteiger charge is 2.29. The molecule has 2 nitrogen and oxygen atoms in total. The molecule has 2 aromatic heterocycles. The second-order valence-electron chi connectivity index (χ2n) is 12.2. The first-order valence-corrected chi connectivity index (χ1v) is 15.9. The highest BCUT2D eigenvalue weighted by molar-refractivity contribution is 7.26. The zero-order valence-electron chi connectivity index (χ0n) is 27.8. The van der Waals surface area contributed by atoms with E-state index in [1.165, 1.54) is 32.3 Å². The van der Waals surface area contributed by atoms with Crippen molar-refractivity contribution in [3.05, 3.63) is 120 Å². The summed E-state index contributed by atoms with van der Waals surface area (Å²) in [5.74, 6) is 1.77. The fourth-order valence-electron chi connectivity index (χ4n) is 6.85. The van der Waals surface area contributed by atoms with E-state index in [9.17, 15) is 0 Å². The Labute approximate surface area is 260 Å². The second-order valence-corrected chi connectivity index (χ2v) is 13.3. The maximum absolute atomic E-state index is 8.25. The molecule has 8 aromatic rings. The predicted octanol–water partition coefficient (Wildman–Crippen LogP) is 11.3. The van der Waals surface area contributed by atoms with Crippen molar-refractivity contribution in [3.63, 3.8) is 0 Å². The average molecular weight is 579 g/mol. The molecule has 0 atom stereocenters. The summed E-state index contributed by atoms with van der Waals surface area (Å²) in [5, 5.41) is 6.19. The standard InChI is InChI=1S/C40H34N2S/c1-23(2)27-14-10-15-28(24(3)4)38(27)42-36-19-9-8-18-35(36)41-40(42)32-17-11-16-31-34-22-33-26(21-37(34)43-39(31)32)20-25(5)29-12-6-7-13-30(29)33/h6-24H,1-5H3/p+1/i5D3. The molecule has 210 valence electrons. The summed E-state index contributed by atoms with van der Waals surface area (Å²) < 4.78 is 29.6. The van der Waals surface area contributed by atoms with E-state index in [-0.39, 0.29) is 0 Å². The molecule has 0 fully saturated rings. The van der Waals surface area contributed by atoms with Gasteiger partial charge in [0.2, 0.25) is 0 Å². The van der Waals surface area contributed by atoms with E-state index < -0.39 is 6.85 Å². The van der Waals surface area contributed by atoms with Gasteiger partial charge in [-0.1, -0.05) is 100 Å². The number of aromatic nitrogens is 2. The Morgan fingerprint density at radius 2 is 1.37 bits per heavy atom. The number of fused-ring (bicyclic) bond motifs is 7. The van der Waals surface area contributed by atoms with Crippen molar-refractivity contribution in [1.29, 1.82) is 0 Å². The number of rotatable bonds is 4. The second kappa shape index (κ2) is 9.79. The number of hydrogen-bond donors (Lipinski definition) is 1. The van der Waals surface area contributed by atoms with Gasteiger partial charge < -0.3 is 0 Å². The zero-order chi connectivity index (χ0) is 31.9. The van der Waals surface area contributed by atoms with Crippen LogP contribution in [0.25, 0.3) is 69.8 Å². The fourth-order valence-corrected chi connectivity index (χ4v) is 8.10. The first-order valence-electron chi connectivity index (χ1n) is 16.6. The van der Waals surface area contributed by atoms with Crippen LogP contribution in [0.1, 0.15) is 60.3 Å². The van der Waals surface area contributed by atoms with Gasteiger partial charge in [0.1, 0.15) is 5.69 Å². The van der Waals surface area contributed by atoms with Gasteiger partial charge in [0.25, 0.3) is 5.82 Å². The van der Waals surface area contributed by atoms with Crippen molar-refractivity contribution >= 4 is 64.1 Å². The van der Waals surface area contributed by atoms with Crippen LogP contribution in [-0.2, 0) is 0 Å². The minimum Gasteiger partial charge on any atom is -0.236 e. The van der Waals surface area contributed by atoms with Crippen LogP contribution in [0.5, 0.6) is 0 Å². The molecule has 0 spiro atoms. The van der Waals surface area contributed by atoms with Gasteiger partial charge in [-0.15, -0.1) is 11.3 Å². The third kappa shape index (κ3) is 3.95. The number of para-hydroxylation sites is 3. The minimum atomic E-state index is -2.19. The molecule has 0 aliphatic carbocycles. The molecule has 0 radical (unpaired) electrons. The van der Waals surface area contributed by atoms with Crippen LogP contribution in [0.2, 0.25) is 0 Å². The molecule has 3 heteroatoms. The van der Waals surface area contributed by atoms with Crippen molar-refractivity contribution in [3.8, 4) is 17.1 Å². The lowest BCUT2D eigenvalue weighted by Crippen LogP contribution is -2.35. The summed E-state index contributed by atoms with van der Waals surface area (Å²) in [7, 11) is 0. The molecule has 0 bridgehead atoms. The maximum atomic E-state index is 8.25. The number of aryl methyl sites for hydroxylation is 1. The van der Waals surface area contributed by atoms with E-state index in [1.807, 2.05) is 30.3 Å². The Hall–Kier alpha value is -4.47. The van der Waals surface area contributed by atoms with Crippen molar-refractivity contribution in [2.24, 2.45) is 0 Å². The summed E-state index contributed by atoms with van der Waals surface area (Å²) >= 11 is 1.78. The summed E-state index contributed by atoms with van der Waals surface area (Å²) in [6.07, 6.45) is 0. The highest BCUT2D eigenvalue weighted by atomic mass is 32.1. The van der Waals surface area contributed by atoms with Crippen LogP contribution in [-0.4, -0.2) is 4.98 Å². The molecule has 0 saturated heterocycles. The van der Waals surface area contributed by atoms with Crippen LogP contribution in [0, 0.1) is 6.85 Å². The van der Waals surface area contributed by atoms with Crippen molar-refractivity contribution < 1.29 is 8.68 Å². The number of thiophene rings is 1. The van der Waals surface area contributed by atoms with Crippen LogP contribution < -0.4 is 4.57 Å². The Morgan fingerprint density at radius 1 is 0.674 bits per heavy atom. The highest BCUT2D eigenvalue weighted by Crippen LogP contribution is 2.43. The van der Waals surface area contributed by atoms with E-state index in [0.717, 1.165) is 48.7 Å². The monoisotopic (exact) mass is 578 g/mol. The van der Waals surface area contributed by atoms with E-state index in [4.69, 9.17) is 4.11 Å². The first kappa shape index (κ1) is 23.0. The van der Waals surface area contributed by atoms with Gasteiger partial charge in [-0.25, -0.2) is 4.98 Å². The van der Waals surface area contributed by atoms with Gasteiger partial charge in [-0.05, 0) is 76.1 Å². The average Bonchev–Trinajstić information content (AvgIpc) is 3.60. The number of nitrogens with one attached hydrogen (secondary N) is 1. The van der Waals surface area contributed by atoms with E-state index in [0.29, 0.717) is 17.4 Å². The molecule has 43 heavy (non-hydrogen) atoms. The summed E-state index contributed by atoms with van der Waals surface area (Å²) in [6, 6.07) is 36.2. The summed E-state index contributed by atoms with van der Waals surface area (Å²) in [4.78, 5) is 3.84. The Bertz CT molecular complexity index is 2450. The Morgan fingerprint density at radius 3 is 2.14 bits per heavy atom. The largest absolute Gasteiger partial charge is 0.294 e. The van der Waals surface area contributed by atoms with Gasteiger partial charge in [-0.3, -0.25) is 0 Å². The molecule has 8 rings (SSSR count). The van der Waals surface area contributed by atoms with Gasteiger partial charge in [0.15, 0.2) is 11.0 Å². The van der Waals surface area contributed by atoms with Gasteiger partial charge >= 0.3 is 0 Å². The molecule has 0 unspecified atom stereocenters. The smallest absolute Gasteiger partial charge is 0.236 e. The fraction of sp³-hybridized carbons (Fsp3) is 0.175. The van der Waals surface area contributed by atoms with E-state index in [1.54, 1.807) is 11.3 Å². The lowest BCUT2D eigenvalue weighted by molar-refractivity contribution is -0.556. The van der Waals surface area contributed by atoms with Crippen molar-refractivity contribution in [1.82, 2.24) is 4.98 Å². The molecule has 0 aliphatic rings. The van der Waals surface area contributed by atoms with Crippen LogP contribution in [0.15, 0.2) is 103 Å². The maximum Gasteiger partial charge on any atom is 0.294 e. The lowest BCUT2D eigenvalue weighted by atomic mass is 9.92. The predicted molar refractivity (Wildman–Crippen MR) is 186 cm³/mol. The number of H-pyrrole nitrogens is 1.